The fourth-order valence-electron chi connectivity index (χ4n) is 17.7. The van der Waals surface area contributed by atoms with Crippen molar-refractivity contribution in [1.82, 2.24) is 0 Å². The van der Waals surface area contributed by atoms with Crippen molar-refractivity contribution in [3.05, 3.63) is 440 Å². The van der Waals surface area contributed by atoms with Crippen molar-refractivity contribution in [2.75, 3.05) is 19.6 Å². The van der Waals surface area contributed by atoms with E-state index in [9.17, 15) is 29.0 Å². The zero-order valence-corrected chi connectivity index (χ0v) is 69.7. The Morgan fingerprint density at radius 3 is 0.516 bits per heavy atom. The Morgan fingerprint density at radius 2 is 0.355 bits per heavy atom. The summed E-state index contributed by atoms with van der Waals surface area (Å²) in [5.74, 6) is -0.558. The highest BCUT2D eigenvalue weighted by atomic mass is 19.1. The highest BCUT2D eigenvalue weighted by molar-refractivity contribution is 6.34. The van der Waals surface area contributed by atoms with Gasteiger partial charge in [0.15, 0.2) is 0 Å². The van der Waals surface area contributed by atoms with E-state index in [1.54, 1.807) is 24.3 Å². The molecule has 0 saturated carbocycles. The Labute approximate surface area is 718 Å². The molecule has 20 aromatic carbocycles. The topological polar surface area (TPSA) is 99.2 Å². The van der Waals surface area contributed by atoms with Gasteiger partial charge in [-0.25, -0.2) is 8.78 Å². The molecule has 0 spiro atoms. The zero-order valence-electron chi connectivity index (χ0n) is 69.7. The molecule has 0 atom stereocenters. The van der Waals surface area contributed by atoms with E-state index in [2.05, 4.69) is 342 Å². The standard InChI is InChI=1S/C56H42F2N2.C56H42N4O4/c1-35-5-21-43(22-6-35)59(44-23-7-36(2)8-24-44)53-33-51(39-13-17-41(57)18-14-39)47-30-32-50-54(60(45-25-9-37(3)10-26-45)46-27-11-38(4)12-28-46)34-52(40-15-19-42(58)20-16-40)48-29-31-49(53)55(47)56(48)50;1-35-5-17-41(18-6-35)57(42-19-7-36(2)8-20-42)53-33-51(39-13-25-45(26-14-39)59(61)62)47-30-32-50-54(58(43-21-9-37(3)10-22-43)44-23-11-38(4)12-24-44)34-52(40-15-27-46(28-16-40)60(63)64)48-29-31-49(53)55(47)56(48)50/h5-34H,1-4H3;5-34H,1-4H3. The van der Waals surface area contributed by atoms with Crippen LogP contribution >= 0.6 is 0 Å². The summed E-state index contributed by atoms with van der Waals surface area (Å²) in [6.45, 7) is 16.8. The lowest BCUT2D eigenvalue weighted by atomic mass is 9.85. The van der Waals surface area contributed by atoms with Crippen LogP contribution in [-0.4, -0.2) is 9.85 Å². The molecule has 600 valence electrons. The molecule has 20 aromatic rings. The first-order chi connectivity index (χ1) is 60.2. The molecule has 0 fully saturated rings. The average molecular weight is 1620 g/mol. The summed E-state index contributed by atoms with van der Waals surface area (Å²) >= 11 is 0. The maximum atomic E-state index is 14.6. The first-order valence-corrected chi connectivity index (χ1v) is 41.5. The van der Waals surface area contributed by atoms with Crippen LogP contribution in [0.2, 0.25) is 0 Å². The summed E-state index contributed by atoms with van der Waals surface area (Å²) in [7, 11) is 0. The predicted molar refractivity (Wildman–Crippen MR) is 512 cm³/mol. The smallest absolute Gasteiger partial charge is 0.269 e. The zero-order chi connectivity index (χ0) is 85.3. The van der Waals surface area contributed by atoms with E-state index in [1.165, 1.54) is 46.5 Å². The monoisotopic (exact) mass is 1610 g/mol. The molecule has 0 aliphatic heterocycles. The van der Waals surface area contributed by atoms with Crippen LogP contribution in [0.4, 0.5) is 88.4 Å². The number of hydrogen-bond acceptors (Lipinski definition) is 8. The van der Waals surface area contributed by atoms with Gasteiger partial charge in [-0.05, 0) is 291 Å². The molecule has 0 radical (unpaired) electrons. The summed E-state index contributed by atoms with van der Waals surface area (Å²) in [6, 6.07) is 123. The molecule has 10 nitrogen and oxygen atoms in total. The van der Waals surface area contributed by atoms with Gasteiger partial charge in [-0.3, -0.25) is 20.2 Å². The fourth-order valence-corrected chi connectivity index (χ4v) is 17.7. The van der Waals surface area contributed by atoms with Crippen LogP contribution in [-0.2, 0) is 0 Å². The van der Waals surface area contributed by atoms with Crippen LogP contribution in [0.5, 0.6) is 0 Å². The van der Waals surface area contributed by atoms with Crippen LogP contribution in [0.25, 0.3) is 109 Å². The van der Waals surface area contributed by atoms with E-state index in [-0.39, 0.29) is 32.9 Å². The number of halogens is 2. The van der Waals surface area contributed by atoms with E-state index in [0.717, 1.165) is 200 Å². The molecule has 0 aromatic heterocycles. The maximum Gasteiger partial charge on any atom is 0.269 e. The molecule has 124 heavy (non-hydrogen) atoms. The predicted octanol–water partition coefficient (Wildman–Crippen LogP) is 32.3. The van der Waals surface area contributed by atoms with Gasteiger partial charge in [-0.1, -0.05) is 214 Å². The van der Waals surface area contributed by atoms with Crippen LogP contribution < -0.4 is 19.6 Å². The van der Waals surface area contributed by atoms with Crippen molar-refractivity contribution in [2.24, 2.45) is 0 Å². The van der Waals surface area contributed by atoms with E-state index >= 15 is 0 Å². The van der Waals surface area contributed by atoms with Gasteiger partial charge in [-0.15, -0.1) is 0 Å². The van der Waals surface area contributed by atoms with Gasteiger partial charge in [0, 0.05) is 113 Å². The van der Waals surface area contributed by atoms with E-state index < -0.39 is 0 Å². The van der Waals surface area contributed by atoms with Crippen molar-refractivity contribution in [3.63, 3.8) is 0 Å². The Hall–Kier alpha value is -15.7. The van der Waals surface area contributed by atoms with Gasteiger partial charge in [0.1, 0.15) is 11.6 Å². The molecule has 20 rings (SSSR count). The van der Waals surface area contributed by atoms with Crippen molar-refractivity contribution in [2.45, 2.75) is 55.4 Å². The molecule has 0 amide bonds. The summed E-state index contributed by atoms with van der Waals surface area (Å²) in [4.78, 5) is 32.3. The van der Waals surface area contributed by atoms with Crippen molar-refractivity contribution >= 4 is 144 Å². The molecule has 0 unspecified atom stereocenters. The summed E-state index contributed by atoms with van der Waals surface area (Å²) in [5.41, 5.74) is 28.7. The van der Waals surface area contributed by atoms with Gasteiger partial charge >= 0.3 is 0 Å². The van der Waals surface area contributed by atoms with Crippen molar-refractivity contribution in [1.29, 1.82) is 0 Å². The van der Waals surface area contributed by atoms with E-state index in [0.29, 0.717) is 0 Å². The largest absolute Gasteiger partial charge is 0.310 e. The van der Waals surface area contributed by atoms with E-state index in [4.69, 9.17) is 0 Å². The molecule has 12 heteroatoms. The third kappa shape index (κ3) is 14.6. The minimum atomic E-state index is -0.370. The Balaban J connectivity index is 0.000000163. The first-order valence-electron chi connectivity index (χ1n) is 41.5. The Bertz CT molecular complexity index is 6810. The number of aryl methyl sites for hydroxylation is 8. The lowest BCUT2D eigenvalue weighted by Crippen LogP contribution is -2.12. The number of rotatable bonds is 18. The lowest BCUT2D eigenvalue weighted by Gasteiger charge is -2.31. The van der Waals surface area contributed by atoms with Gasteiger partial charge in [0.05, 0.1) is 32.6 Å². The highest BCUT2D eigenvalue weighted by Crippen LogP contribution is 2.56. The molecule has 0 aliphatic carbocycles. The second-order valence-corrected chi connectivity index (χ2v) is 32.6. The Kier molecular flexibility index (Phi) is 20.3. The van der Waals surface area contributed by atoms with Gasteiger partial charge in [0.25, 0.3) is 11.4 Å². The molecular formula is C112H84F2N6O4. The van der Waals surface area contributed by atoms with Crippen molar-refractivity contribution < 1.29 is 18.6 Å². The quantitative estimate of drug-likeness (QED) is 0.0476. The SMILES string of the molecule is Cc1ccc(N(c2ccc(C)cc2)c2cc(-c3ccc(F)cc3)c3ccc4c(N(c5ccc(C)cc5)c5ccc(C)cc5)cc(-c5ccc(F)cc5)c5ccc2c3c54)cc1.Cc1ccc(N(c2ccc(C)cc2)c2cc(-c3ccc([N+](=O)[O-])cc3)c3ccc4c(N(c5ccc(C)cc5)c5ccc(C)cc5)cc(-c5ccc([N+](=O)[O-])cc5)c5ccc2c3c54)cc1. The van der Waals surface area contributed by atoms with Gasteiger partial charge in [-0.2, -0.15) is 0 Å². The molecule has 0 heterocycles. The summed E-state index contributed by atoms with van der Waals surface area (Å²) < 4.78 is 29.2. The van der Waals surface area contributed by atoms with Crippen LogP contribution in [0.3, 0.4) is 0 Å². The summed E-state index contributed by atoms with van der Waals surface area (Å²) in [6.07, 6.45) is 0. The molecule has 0 saturated heterocycles. The van der Waals surface area contributed by atoms with Gasteiger partial charge < -0.3 is 19.6 Å². The summed E-state index contributed by atoms with van der Waals surface area (Å²) in [5, 5.41) is 36.3. The van der Waals surface area contributed by atoms with E-state index in [1.807, 2.05) is 48.5 Å². The molecule has 0 bridgehead atoms. The number of nitro groups is 2. The maximum absolute atomic E-state index is 14.6. The fraction of sp³-hybridized carbons (Fsp3) is 0.0714. The highest BCUT2D eigenvalue weighted by Gasteiger charge is 2.30. The van der Waals surface area contributed by atoms with Crippen molar-refractivity contribution in [3.8, 4) is 44.5 Å². The first kappa shape index (κ1) is 78.2. The van der Waals surface area contributed by atoms with Gasteiger partial charge in [0.2, 0.25) is 0 Å². The number of benzene rings is 20. The number of hydrogen-bond donors (Lipinski definition) is 0. The van der Waals surface area contributed by atoms with Crippen LogP contribution in [0.1, 0.15) is 44.5 Å². The third-order valence-electron chi connectivity index (χ3n) is 24.1. The van der Waals surface area contributed by atoms with Crippen LogP contribution in [0.15, 0.2) is 364 Å². The minimum absolute atomic E-state index is 0.0207. The third-order valence-corrected chi connectivity index (χ3v) is 24.1. The molecule has 0 aliphatic rings. The number of nitrogens with zero attached hydrogens (tertiary/aromatic N) is 6. The average Bonchev–Trinajstić information content (AvgIpc) is 0.707. The number of nitro benzene ring substituents is 2. The number of anilines is 12. The Morgan fingerprint density at radius 1 is 0.202 bits per heavy atom. The molecule has 0 N–H and O–H groups in total. The second kappa shape index (κ2) is 32.1. The molecular weight excluding hydrogens is 1530 g/mol. The normalized spacial score (nSPS) is 11.4. The van der Waals surface area contributed by atoms with Crippen LogP contribution in [0, 0.1) is 87.3 Å². The lowest BCUT2D eigenvalue weighted by molar-refractivity contribution is -0.385. The second-order valence-electron chi connectivity index (χ2n) is 32.6. The number of non-ortho nitro benzene ring substituents is 2. The minimum Gasteiger partial charge on any atom is -0.310 e.